The molecule has 1 rings (SSSR count). The molecule has 2 heteroatoms. The molecule has 0 bridgehead atoms. The molecule has 0 aliphatic heterocycles. The summed E-state index contributed by atoms with van der Waals surface area (Å²) < 4.78 is 4.89. The Morgan fingerprint density at radius 1 is 1.55 bits per heavy atom. The van der Waals surface area contributed by atoms with Gasteiger partial charge in [0.2, 0.25) is 0 Å². The molecule has 0 spiro atoms. The van der Waals surface area contributed by atoms with Gasteiger partial charge in [0.25, 0.3) is 0 Å². The van der Waals surface area contributed by atoms with E-state index in [2.05, 4.69) is 0 Å². The van der Waals surface area contributed by atoms with E-state index < -0.39 is 0 Å². The first-order valence-corrected chi connectivity index (χ1v) is 3.78. The third kappa shape index (κ3) is 2.91. The number of halogens is 1. The van der Waals surface area contributed by atoms with E-state index in [1.165, 1.54) is 0 Å². The van der Waals surface area contributed by atoms with Gasteiger partial charge in [0, 0.05) is 18.6 Å². The molecule has 0 N–H and O–H groups in total. The minimum Gasteiger partial charge on any atom is -0.384 e. The molecule has 0 aliphatic rings. The highest BCUT2D eigenvalue weighted by Crippen LogP contribution is 2.11. The van der Waals surface area contributed by atoms with Crippen LogP contribution in [0, 0.1) is 6.42 Å². The summed E-state index contributed by atoms with van der Waals surface area (Å²) in [5.74, 6) is 0. The van der Waals surface area contributed by atoms with Gasteiger partial charge in [0.1, 0.15) is 0 Å². The van der Waals surface area contributed by atoms with E-state index in [4.69, 9.17) is 16.3 Å². The second kappa shape index (κ2) is 4.37. The molecule has 0 unspecified atom stereocenters. The van der Waals surface area contributed by atoms with E-state index >= 15 is 0 Å². The fraction of sp³-hybridized carbons (Fsp3) is 0.222. The van der Waals surface area contributed by atoms with Crippen molar-refractivity contribution in [2.75, 3.05) is 13.7 Å². The van der Waals surface area contributed by atoms with Crippen LogP contribution >= 0.6 is 11.6 Å². The Morgan fingerprint density at radius 3 is 3.00 bits per heavy atom. The quantitative estimate of drug-likeness (QED) is 0.676. The molecule has 0 heterocycles. The largest absolute Gasteiger partial charge is 0.384 e. The fourth-order valence-corrected chi connectivity index (χ4v) is 1.01. The standard InChI is InChI=1S/C9H10ClO/c1-11-6-5-8-3-2-4-9(10)7-8/h2-5,7H,6H2,1H3. The monoisotopic (exact) mass is 169 g/mol. The summed E-state index contributed by atoms with van der Waals surface area (Å²) in [6.45, 7) is 0.625. The SMILES string of the molecule is COC[CH]c1cccc(Cl)c1. The van der Waals surface area contributed by atoms with Crippen molar-refractivity contribution < 1.29 is 4.74 Å². The van der Waals surface area contributed by atoms with Crippen LogP contribution in [0.2, 0.25) is 5.02 Å². The van der Waals surface area contributed by atoms with Crippen molar-refractivity contribution in [3.63, 3.8) is 0 Å². The Balaban J connectivity index is 2.56. The number of benzene rings is 1. The Morgan fingerprint density at radius 2 is 2.36 bits per heavy atom. The van der Waals surface area contributed by atoms with E-state index in [0.717, 1.165) is 10.6 Å². The van der Waals surface area contributed by atoms with Crippen LogP contribution in [0.5, 0.6) is 0 Å². The molecular weight excluding hydrogens is 160 g/mol. The second-order valence-electron chi connectivity index (χ2n) is 2.21. The predicted molar refractivity (Wildman–Crippen MR) is 46.7 cm³/mol. The fourth-order valence-electron chi connectivity index (χ4n) is 0.813. The van der Waals surface area contributed by atoms with Crippen molar-refractivity contribution in [3.05, 3.63) is 41.3 Å². The Hall–Kier alpha value is -0.530. The molecule has 0 amide bonds. The van der Waals surface area contributed by atoms with Gasteiger partial charge >= 0.3 is 0 Å². The molecule has 59 valence electrons. The van der Waals surface area contributed by atoms with E-state index in [1.807, 2.05) is 30.7 Å². The first-order chi connectivity index (χ1) is 5.33. The molecule has 1 aromatic carbocycles. The van der Waals surface area contributed by atoms with Gasteiger partial charge in [-0.15, -0.1) is 0 Å². The van der Waals surface area contributed by atoms with E-state index in [0.29, 0.717) is 6.61 Å². The van der Waals surface area contributed by atoms with Gasteiger partial charge in [0.15, 0.2) is 0 Å². The van der Waals surface area contributed by atoms with E-state index in [1.54, 1.807) is 7.11 Å². The number of hydrogen-bond acceptors (Lipinski definition) is 1. The molecule has 0 aliphatic carbocycles. The van der Waals surface area contributed by atoms with Crippen LogP contribution in [0.15, 0.2) is 24.3 Å². The second-order valence-corrected chi connectivity index (χ2v) is 2.65. The van der Waals surface area contributed by atoms with Gasteiger partial charge in [0.05, 0.1) is 6.61 Å². The van der Waals surface area contributed by atoms with Gasteiger partial charge in [-0.25, -0.2) is 0 Å². The average Bonchev–Trinajstić information content (AvgIpc) is 2.01. The zero-order valence-electron chi connectivity index (χ0n) is 6.38. The Bertz CT molecular complexity index is 223. The van der Waals surface area contributed by atoms with Gasteiger partial charge in [-0.2, -0.15) is 0 Å². The van der Waals surface area contributed by atoms with Crippen LogP contribution in [0.3, 0.4) is 0 Å². The average molecular weight is 170 g/mol. The molecule has 1 aromatic rings. The summed E-state index contributed by atoms with van der Waals surface area (Å²) in [6, 6.07) is 7.67. The minimum absolute atomic E-state index is 0.625. The van der Waals surface area contributed by atoms with Crippen LogP contribution in [0.4, 0.5) is 0 Å². The summed E-state index contributed by atoms with van der Waals surface area (Å²) >= 11 is 5.76. The van der Waals surface area contributed by atoms with E-state index in [-0.39, 0.29) is 0 Å². The van der Waals surface area contributed by atoms with Crippen LogP contribution < -0.4 is 0 Å². The Labute approximate surface area is 71.9 Å². The first-order valence-electron chi connectivity index (χ1n) is 3.40. The van der Waals surface area contributed by atoms with Crippen molar-refractivity contribution in [2.24, 2.45) is 0 Å². The summed E-state index contributed by atoms with van der Waals surface area (Å²) in [5, 5.41) is 0.759. The number of hydrogen-bond donors (Lipinski definition) is 0. The van der Waals surface area contributed by atoms with E-state index in [9.17, 15) is 0 Å². The van der Waals surface area contributed by atoms with Gasteiger partial charge < -0.3 is 4.74 Å². The third-order valence-corrected chi connectivity index (χ3v) is 1.57. The van der Waals surface area contributed by atoms with Crippen molar-refractivity contribution in [2.45, 2.75) is 0 Å². The lowest BCUT2D eigenvalue weighted by Crippen LogP contribution is -1.90. The molecule has 0 fully saturated rings. The third-order valence-electron chi connectivity index (χ3n) is 1.33. The lowest BCUT2D eigenvalue weighted by Gasteiger charge is -1.98. The van der Waals surface area contributed by atoms with Crippen LogP contribution in [0.1, 0.15) is 5.56 Å². The molecular formula is C9H10ClO. The highest BCUT2D eigenvalue weighted by Gasteiger charge is 1.92. The van der Waals surface area contributed by atoms with Crippen molar-refractivity contribution in [3.8, 4) is 0 Å². The number of ether oxygens (including phenoxy) is 1. The molecule has 0 saturated heterocycles. The van der Waals surface area contributed by atoms with Crippen LogP contribution in [-0.4, -0.2) is 13.7 Å². The lowest BCUT2D eigenvalue weighted by atomic mass is 10.2. The zero-order valence-corrected chi connectivity index (χ0v) is 7.14. The summed E-state index contributed by atoms with van der Waals surface area (Å²) in [6.07, 6.45) is 1.98. The summed E-state index contributed by atoms with van der Waals surface area (Å²) in [4.78, 5) is 0. The normalized spacial score (nSPS) is 10.0. The number of rotatable bonds is 3. The maximum absolute atomic E-state index is 5.76. The van der Waals surface area contributed by atoms with Crippen LogP contribution in [0.25, 0.3) is 0 Å². The molecule has 0 saturated carbocycles. The predicted octanol–water partition coefficient (Wildman–Crippen LogP) is 2.54. The zero-order chi connectivity index (χ0) is 8.10. The molecule has 1 radical (unpaired) electrons. The summed E-state index contributed by atoms with van der Waals surface area (Å²) in [5.41, 5.74) is 1.10. The molecule has 11 heavy (non-hydrogen) atoms. The van der Waals surface area contributed by atoms with Gasteiger partial charge in [-0.05, 0) is 17.7 Å². The van der Waals surface area contributed by atoms with Crippen molar-refractivity contribution in [1.82, 2.24) is 0 Å². The molecule has 0 atom stereocenters. The highest BCUT2D eigenvalue weighted by molar-refractivity contribution is 6.30. The maximum atomic E-state index is 5.76. The first kappa shape index (κ1) is 8.57. The molecule has 1 nitrogen and oxygen atoms in total. The number of methoxy groups -OCH3 is 1. The Kier molecular flexibility index (Phi) is 3.40. The summed E-state index contributed by atoms with van der Waals surface area (Å²) in [7, 11) is 1.67. The maximum Gasteiger partial charge on any atom is 0.0537 e. The smallest absolute Gasteiger partial charge is 0.0537 e. The van der Waals surface area contributed by atoms with Crippen molar-refractivity contribution in [1.29, 1.82) is 0 Å². The molecule has 0 aromatic heterocycles. The lowest BCUT2D eigenvalue weighted by molar-refractivity contribution is 0.225. The van der Waals surface area contributed by atoms with Gasteiger partial charge in [-0.3, -0.25) is 0 Å². The van der Waals surface area contributed by atoms with Crippen molar-refractivity contribution >= 4 is 11.6 Å². The highest BCUT2D eigenvalue weighted by atomic mass is 35.5. The minimum atomic E-state index is 0.625. The van der Waals surface area contributed by atoms with Gasteiger partial charge in [-0.1, -0.05) is 23.7 Å². The van der Waals surface area contributed by atoms with Crippen LogP contribution in [-0.2, 0) is 4.74 Å². The topological polar surface area (TPSA) is 9.23 Å².